The van der Waals surface area contributed by atoms with E-state index < -0.39 is 12.1 Å². The number of benzene rings is 3. The van der Waals surface area contributed by atoms with E-state index in [9.17, 15) is 9.90 Å². The zero-order valence-corrected chi connectivity index (χ0v) is 19.4. The van der Waals surface area contributed by atoms with Crippen LogP contribution in [0.2, 0.25) is 0 Å². The number of aliphatic hydroxyl groups is 1. The second-order valence-electron chi connectivity index (χ2n) is 8.95. The minimum atomic E-state index is -1.20. The molecule has 0 aromatic heterocycles. The van der Waals surface area contributed by atoms with Gasteiger partial charge in [0, 0.05) is 17.8 Å². The molecule has 176 valence electrons. The van der Waals surface area contributed by atoms with Crippen LogP contribution >= 0.6 is 0 Å². The van der Waals surface area contributed by atoms with Crippen LogP contribution in [0.5, 0.6) is 0 Å². The topological polar surface area (TPSA) is 90.9 Å². The molecule has 1 fully saturated rings. The van der Waals surface area contributed by atoms with Crippen LogP contribution in [0.1, 0.15) is 41.0 Å². The van der Waals surface area contributed by atoms with E-state index in [0.29, 0.717) is 17.0 Å². The summed E-state index contributed by atoms with van der Waals surface area (Å²) in [6, 6.07) is 23.6. The number of likely N-dealkylation sites (tertiary alicyclic amines) is 1. The Morgan fingerprint density at radius 3 is 2.54 bits per heavy atom. The van der Waals surface area contributed by atoms with Gasteiger partial charge in [-0.3, -0.25) is 20.4 Å². The van der Waals surface area contributed by atoms with Crippen LogP contribution in [0.3, 0.4) is 0 Å². The first kappa shape index (κ1) is 23.0. The van der Waals surface area contributed by atoms with Crippen LogP contribution in [0.4, 0.5) is 11.4 Å². The molecule has 35 heavy (non-hydrogen) atoms. The third kappa shape index (κ3) is 5.33. The van der Waals surface area contributed by atoms with Crippen molar-refractivity contribution in [1.29, 1.82) is 0 Å². The monoisotopic (exact) mass is 464 g/mol. The van der Waals surface area contributed by atoms with Gasteiger partial charge in [0.1, 0.15) is 5.92 Å². The van der Waals surface area contributed by atoms with Gasteiger partial charge < -0.3 is 10.4 Å². The molecule has 6 nitrogen and oxygen atoms in total. The summed E-state index contributed by atoms with van der Waals surface area (Å²) in [7, 11) is 0. The molecule has 0 aliphatic carbocycles. The lowest BCUT2D eigenvalue weighted by Gasteiger charge is -2.15. The van der Waals surface area contributed by atoms with Gasteiger partial charge in [-0.1, -0.05) is 60.4 Å². The number of nitrogens with one attached hydrogen (secondary N) is 1. The summed E-state index contributed by atoms with van der Waals surface area (Å²) in [5.74, 6) is 4.68. The fourth-order valence-electron chi connectivity index (χ4n) is 4.69. The van der Waals surface area contributed by atoms with E-state index in [1.807, 2.05) is 54.6 Å². The minimum Gasteiger partial charge on any atom is -0.368 e. The number of nitrogens with two attached hydrogens (primary N) is 1. The molecule has 2 heterocycles. The van der Waals surface area contributed by atoms with Crippen LogP contribution in [0.15, 0.2) is 77.8 Å². The SMILES string of the molecule is NC(O)C#Cc1ccc2c(c1)NC(=O)C2C(=Nc1ccc(CN2CCCC2)cc1)c1ccccc1. The number of fused-ring (bicyclic) bond motifs is 1. The smallest absolute Gasteiger partial charge is 0.238 e. The molecule has 0 spiro atoms. The third-order valence-corrected chi connectivity index (χ3v) is 6.38. The summed E-state index contributed by atoms with van der Waals surface area (Å²) in [5, 5.41) is 12.2. The molecule has 4 N–H and O–H groups in total. The van der Waals surface area contributed by atoms with Gasteiger partial charge in [-0.2, -0.15) is 0 Å². The number of nitrogens with zero attached hydrogens (tertiary/aromatic N) is 2. The van der Waals surface area contributed by atoms with Gasteiger partial charge in [-0.25, -0.2) is 0 Å². The largest absolute Gasteiger partial charge is 0.368 e. The first-order valence-electron chi connectivity index (χ1n) is 11.9. The molecule has 2 atom stereocenters. The maximum atomic E-state index is 13.2. The molecule has 2 aliphatic rings. The highest BCUT2D eigenvalue weighted by molar-refractivity contribution is 6.24. The summed E-state index contributed by atoms with van der Waals surface area (Å²) >= 11 is 0. The molecule has 2 unspecified atom stereocenters. The second-order valence-corrected chi connectivity index (χ2v) is 8.95. The van der Waals surface area contributed by atoms with Gasteiger partial charge in [0.25, 0.3) is 0 Å². The van der Waals surface area contributed by atoms with Crippen molar-refractivity contribution in [1.82, 2.24) is 4.90 Å². The number of carbonyl (C=O) groups excluding carboxylic acids is 1. The number of carbonyl (C=O) groups is 1. The lowest BCUT2D eigenvalue weighted by Crippen LogP contribution is -2.22. The molecule has 2 aliphatic heterocycles. The fraction of sp³-hybridized carbons (Fsp3) is 0.241. The van der Waals surface area contributed by atoms with Crippen LogP contribution in [0, 0.1) is 11.8 Å². The molecule has 6 heteroatoms. The van der Waals surface area contributed by atoms with Crippen LogP contribution < -0.4 is 11.1 Å². The summed E-state index contributed by atoms with van der Waals surface area (Å²) in [5.41, 5.74) is 11.2. The predicted molar refractivity (Wildman–Crippen MR) is 138 cm³/mol. The van der Waals surface area contributed by atoms with Crippen molar-refractivity contribution >= 4 is 23.0 Å². The molecule has 0 saturated carbocycles. The normalized spacial score (nSPS) is 18.5. The van der Waals surface area contributed by atoms with E-state index in [1.54, 1.807) is 6.07 Å². The van der Waals surface area contributed by atoms with Crippen molar-refractivity contribution in [2.75, 3.05) is 18.4 Å². The Labute approximate surface area is 205 Å². The predicted octanol–water partition coefficient (Wildman–Crippen LogP) is 3.77. The Morgan fingerprint density at radius 2 is 1.83 bits per heavy atom. The molecule has 0 bridgehead atoms. The fourth-order valence-corrected chi connectivity index (χ4v) is 4.69. The summed E-state index contributed by atoms with van der Waals surface area (Å²) in [6.45, 7) is 3.28. The molecule has 5 rings (SSSR count). The average molecular weight is 465 g/mol. The number of anilines is 1. The quantitative estimate of drug-likeness (QED) is 0.305. The Hall–Kier alpha value is -3.76. The van der Waals surface area contributed by atoms with E-state index in [1.165, 1.54) is 18.4 Å². The zero-order valence-electron chi connectivity index (χ0n) is 19.4. The summed E-state index contributed by atoms with van der Waals surface area (Å²) in [6.07, 6.45) is 1.34. The number of rotatable bonds is 5. The lowest BCUT2D eigenvalue weighted by atomic mass is 9.90. The van der Waals surface area contributed by atoms with Crippen LogP contribution in [-0.4, -0.2) is 40.9 Å². The van der Waals surface area contributed by atoms with Crippen molar-refractivity contribution in [2.45, 2.75) is 31.5 Å². The molecule has 1 amide bonds. The molecule has 3 aromatic rings. The van der Waals surface area contributed by atoms with E-state index in [2.05, 4.69) is 34.2 Å². The maximum Gasteiger partial charge on any atom is 0.238 e. The Bertz CT molecular complexity index is 1300. The number of aliphatic hydroxyl groups excluding tert-OH is 1. The van der Waals surface area contributed by atoms with Crippen molar-refractivity contribution in [3.63, 3.8) is 0 Å². The maximum absolute atomic E-state index is 13.2. The zero-order chi connectivity index (χ0) is 24.2. The van der Waals surface area contributed by atoms with Gasteiger partial charge in [-0.15, -0.1) is 0 Å². The Kier molecular flexibility index (Phi) is 6.73. The van der Waals surface area contributed by atoms with Gasteiger partial charge in [0.2, 0.25) is 5.91 Å². The first-order valence-corrected chi connectivity index (χ1v) is 11.9. The van der Waals surface area contributed by atoms with E-state index in [4.69, 9.17) is 10.7 Å². The van der Waals surface area contributed by atoms with Gasteiger partial charge in [-0.05, 0) is 66.9 Å². The van der Waals surface area contributed by atoms with Gasteiger partial charge in [0.05, 0.1) is 11.4 Å². The highest BCUT2D eigenvalue weighted by atomic mass is 16.3. The van der Waals surface area contributed by atoms with E-state index >= 15 is 0 Å². The van der Waals surface area contributed by atoms with Crippen molar-refractivity contribution in [2.24, 2.45) is 10.7 Å². The standard InChI is InChI=1S/C29H28N4O2/c30-26(34)15-11-20-10-14-24-25(18-20)32-29(35)27(24)28(22-6-2-1-3-7-22)31-23-12-8-21(9-13-23)19-33-16-4-5-17-33/h1-3,6-10,12-14,18,26-27,34H,4-5,16-17,19,30H2,(H,32,35). The minimum absolute atomic E-state index is 0.128. The van der Waals surface area contributed by atoms with Crippen molar-refractivity contribution < 1.29 is 9.90 Å². The van der Waals surface area contributed by atoms with Gasteiger partial charge in [0.15, 0.2) is 6.23 Å². The van der Waals surface area contributed by atoms with E-state index in [0.717, 1.165) is 36.4 Å². The summed E-state index contributed by atoms with van der Waals surface area (Å²) < 4.78 is 0. The molecular weight excluding hydrogens is 436 g/mol. The number of hydrogen-bond acceptors (Lipinski definition) is 5. The molecule has 1 saturated heterocycles. The molecular formula is C29H28N4O2. The number of hydrogen-bond donors (Lipinski definition) is 3. The Morgan fingerprint density at radius 1 is 1.09 bits per heavy atom. The number of aliphatic imine (C=N–C) groups is 1. The van der Waals surface area contributed by atoms with Crippen LogP contribution in [-0.2, 0) is 11.3 Å². The molecule has 0 radical (unpaired) electrons. The average Bonchev–Trinajstić information content (AvgIpc) is 3.49. The lowest BCUT2D eigenvalue weighted by molar-refractivity contribution is -0.115. The third-order valence-electron chi connectivity index (χ3n) is 6.38. The first-order chi connectivity index (χ1) is 17.1. The highest BCUT2D eigenvalue weighted by Gasteiger charge is 2.35. The van der Waals surface area contributed by atoms with Crippen LogP contribution in [0.25, 0.3) is 0 Å². The van der Waals surface area contributed by atoms with E-state index in [-0.39, 0.29) is 5.91 Å². The number of amides is 1. The molecule has 3 aromatic carbocycles. The highest BCUT2D eigenvalue weighted by Crippen LogP contribution is 2.37. The summed E-state index contributed by atoms with van der Waals surface area (Å²) in [4.78, 5) is 20.6. The van der Waals surface area contributed by atoms with Gasteiger partial charge >= 0.3 is 0 Å². The second kappa shape index (κ2) is 10.2. The van der Waals surface area contributed by atoms with Crippen molar-refractivity contribution in [3.8, 4) is 11.8 Å². The Balaban J connectivity index is 1.48. The van der Waals surface area contributed by atoms with Crippen molar-refractivity contribution in [3.05, 3.63) is 95.1 Å².